The van der Waals surface area contributed by atoms with Crippen molar-refractivity contribution in [2.24, 2.45) is 5.73 Å². The Kier molecular flexibility index (Phi) is 4.13. The first kappa shape index (κ1) is 16.6. The lowest BCUT2D eigenvalue weighted by molar-refractivity contribution is -0.138. The van der Waals surface area contributed by atoms with Crippen LogP contribution in [0, 0.1) is 0 Å². The number of amides is 1. The van der Waals surface area contributed by atoms with Crippen LogP contribution in [0.5, 0.6) is 0 Å². The predicted molar refractivity (Wildman–Crippen MR) is 87.5 cm³/mol. The summed E-state index contributed by atoms with van der Waals surface area (Å²) in [5.41, 5.74) is 5.95. The molecule has 2 aromatic carbocycles. The fraction of sp³-hybridized carbons (Fsp3) is 0.167. The first-order valence-electron chi connectivity index (χ1n) is 7.27. The van der Waals surface area contributed by atoms with Crippen LogP contribution in [0.15, 0.2) is 42.5 Å². The van der Waals surface area contributed by atoms with Crippen LogP contribution in [0.4, 0.5) is 13.2 Å². The third kappa shape index (κ3) is 2.91. The Hall–Kier alpha value is -2.27. The van der Waals surface area contributed by atoms with E-state index in [2.05, 4.69) is 0 Å². The maximum atomic E-state index is 13.5. The van der Waals surface area contributed by atoms with Crippen molar-refractivity contribution in [3.8, 4) is 0 Å². The number of hydrogen-bond donors (Lipinski definition) is 1. The molecule has 1 aliphatic rings. The van der Waals surface area contributed by atoms with E-state index in [0.29, 0.717) is 23.4 Å². The Morgan fingerprint density at radius 1 is 1.00 bits per heavy atom. The van der Waals surface area contributed by atoms with Crippen molar-refractivity contribution in [3.63, 3.8) is 0 Å². The number of nitrogens with two attached hydrogens (primary N) is 1. The molecule has 2 aromatic rings. The maximum absolute atomic E-state index is 13.5. The second-order valence-electron chi connectivity index (χ2n) is 5.55. The van der Waals surface area contributed by atoms with E-state index in [1.165, 1.54) is 12.1 Å². The molecule has 0 atom stereocenters. The molecule has 1 aliphatic carbocycles. The zero-order valence-corrected chi connectivity index (χ0v) is 13.2. The lowest BCUT2D eigenvalue weighted by Gasteiger charge is -2.27. The van der Waals surface area contributed by atoms with Crippen LogP contribution in [-0.2, 0) is 6.18 Å². The highest BCUT2D eigenvalue weighted by atomic mass is 35.5. The van der Waals surface area contributed by atoms with Crippen molar-refractivity contribution >= 4 is 28.7 Å². The molecule has 0 fully saturated rings. The molecular weight excluding hydrogens is 339 g/mol. The fourth-order valence-corrected chi connectivity index (χ4v) is 3.08. The van der Waals surface area contributed by atoms with Gasteiger partial charge in [0.2, 0.25) is 5.91 Å². The summed E-state index contributed by atoms with van der Waals surface area (Å²) in [6.07, 6.45) is -3.47. The summed E-state index contributed by atoms with van der Waals surface area (Å²) >= 11 is 5.86. The third-order valence-corrected chi connectivity index (χ3v) is 4.37. The first-order chi connectivity index (χ1) is 11.3. The quantitative estimate of drug-likeness (QED) is 0.815. The zero-order valence-electron chi connectivity index (χ0n) is 12.5. The lowest BCUT2D eigenvalue weighted by atomic mass is 9.78. The number of alkyl halides is 3. The summed E-state index contributed by atoms with van der Waals surface area (Å²) in [5.74, 6) is -1.09. The van der Waals surface area contributed by atoms with Gasteiger partial charge in [-0.1, -0.05) is 35.9 Å². The van der Waals surface area contributed by atoms with Gasteiger partial charge in [0.15, 0.2) is 0 Å². The molecule has 0 heterocycles. The highest BCUT2D eigenvalue weighted by Gasteiger charge is 2.39. The smallest absolute Gasteiger partial charge is 0.366 e. The molecule has 1 amide bonds. The van der Waals surface area contributed by atoms with E-state index in [4.69, 9.17) is 17.3 Å². The van der Waals surface area contributed by atoms with Crippen LogP contribution in [-0.4, -0.2) is 5.91 Å². The lowest BCUT2D eigenvalue weighted by Crippen LogP contribution is -2.21. The van der Waals surface area contributed by atoms with Crippen molar-refractivity contribution in [2.45, 2.75) is 19.0 Å². The van der Waals surface area contributed by atoms with E-state index < -0.39 is 23.2 Å². The molecule has 124 valence electrons. The summed E-state index contributed by atoms with van der Waals surface area (Å²) in [6, 6.07) is 10.9. The van der Waals surface area contributed by atoms with Gasteiger partial charge in [0.25, 0.3) is 0 Å². The van der Waals surface area contributed by atoms with E-state index in [1.54, 1.807) is 24.3 Å². The molecule has 2 nitrogen and oxygen atoms in total. The van der Waals surface area contributed by atoms with Gasteiger partial charge in [-0.15, -0.1) is 0 Å². The molecular formula is C18H13ClF3NO. The van der Waals surface area contributed by atoms with Gasteiger partial charge in [0.1, 0.15) is 0 Å². The molecule has 6 heteroatoms. The van der Waals surface area contributed by atoms with Crippen LogP contribution in [0.25, 0.3) is 11.1 Å². The number of rotatable bonds is 3. The highest BCUT2D eigenvalue weighted by Crippen LogP contribution is 2.47. The van der Waals surface area contributed by atoms with Gasteiger partial charge in [-0.25, -0.2) is 0 Å². The van der Waals surface area contributed by atoms with Crippen molar-refractivity contribution in [2.75, 3.05) is 0 Å². The molecule has 3 rings (SSSR count). The third-order valence-electron chi connectivity index (χ3n) is 4.12. The number of benzene rings is 2. The van der Waals surface area contributed by atoms with Gasteiger partial charge in [0, 0.05) is 5.02 Å². The van der Waals surface area contributed by atoms with E-state index in [0.717, 1.165) is 17.2 Å². The summed E-state index contributed by atoms with van der Waals surface area (Å²) in [6.45, 7) is 0. The van der Waals surface area contributed by atoms with E-state index >= 15 is 0 Å². The van der Waals surface area contributed by atoms with E-state index in [-0.39, 0.29) is 5.56 Å². The average Bonchev–Trinajstić information content (AvgIpc) is 2.47. The molecule has 0 bridgehead atoms. The number of carbonyl (C=O) groups is 1. The predicted octanol–water partition coefficient (Wildman–Crippen LogP) is 5.16. The van der Waals surface area contributed by atoms with Crippen molar-refractivity contribution in [1.29, 1.82) is 0 Å². The van der Waals surface area contributed by atoms with Gasteiger partial charge in [-0.3, -0.25) is 4.79 Å². The number of primary amides is 1. The Bertz CT molecular complexity index is 838. The first-order valence-corrected chi connectivity index (χ1v) is 7.65. The topological polar surface area (TPSA) is 43.1 Å². The van der Waals surface area contributed by atoms with Gasteiger partial charge in [-0.2, -0.15) is 13.2 Å². The Morgan fingerprint density at radius 2 is 1.62 bits per heavy atom. The van der Waals surface area contributed by atoms with Crippen molar-refractivity contribution in [1.82, 2.24) is 0 Å². The van der Waals surface area contributed by atoms with Gasteiger partial charge >= 0.3 is 6.18 Å². The number of hydrogen-bond acceptors (Lipinski definition) is 1. The van der Waals surface area contributed by atoms with E-state index in [1.807, 2.05) is 0 Å². The number of carbonyl (C=O) groups excluding carboxylic acids is 1. The normalized spacial score (nSPS) is 14.5. The summed E-state index contributed by atoms with van der Waals surface area (Å²) in [5, 5.41) is 0.562. The van der Waals surface area contributed by atoms with Crippen molar-refractivity contribution in [3.05, 3.63) is 69.7 Å². The minimum absolute atomic E-state index is 0.0231. The summed E-state index contributed by atoms with van der Waals surface area (Å²) in [4.78, 5) is 11.4. The van der Waals surface area contributed by atoms with Crippen LogP contribution in [0.1, 0.15) is 39.9 Å². The summed E-state index contributed by atoms with van der Waals surface area (Å²) in [7, 11) is 0. The van der Waals surface area contributed by atoms with Gasteiger partial charge in [0.05, 0.1) is 11.1 Å². The molecule has 0 saturated carbocycles. The minimum Gasteiger partial charge on any atom is -0.366 e. The van der Waals surface area contributed by atoms with Crippen LogP contribution in [0.2, 0.25) is 5.02 Å². The monoisotopic (exact) mass is 351 g/mol. The van der Waals surface area contributed by atoms with Crippen LogP contribution >= 0.6 is 11.6 Å². The van der Waals surface area contributed by atoms with Crippen LogP contribution in [0.3, 0.4) is 0 Å². The molecule has 2 N–H and O–H groups in total. The standard InChI is InChI=1S/C18H13ClF3NO/c19-11-6-4-10(5-7-11)12-8-9-13(12)14-2-1-3-15(17(23)24)16(14)18(20,21)22/h1-7H,8-9H2,(H2,23,24). The SMILES string of the molecule is NC(=O)c1cccc(C2=C(c3ccc(Cl)cc3)CC2)c1C(F)(F)F. The highest BCUT2D eigenvalue weighted by molar-refractivity contribution is 6.30. The second-order valence-corrected chi connectivity index (χ2v) is 5.99. The Labute approximate surface area is 141 Å². The van der Waals surface area contributed by atoms with Crippen molar-refractivity contribution < 1.29 is 18.0 Å². The average molecular weight is 352 g/mol. The Balaban J connectivity index is 2.19. The molecule has 0 saturated heterocycles. The maximum Gasteiger partial charge on any atom is 0.417 e. The number of halogens is 4. The molecule has 0 unspecified atom stereocenters. The van der Waals surface area contributed by atoms with Gasteiger partial charge < -0.3 is 5.73 Å². The molecule has 0 radical (unpaired) electrons. The van der Waals surface area contributed by atoms with Gasteiger partial charge in [-0.05, 0) is 53.3 Å². The van der Waals surface area contributed by atoms with Crippen LogP contribution < -0.4 is 5.73 Å². The largest absolute Gasteiger partial charge is 0.417 e. The second kappa shape index (κ2) is 5.98. The molecule has 0 spiro atoms. The van der Waals surface area contributed by atoms with E-state index in [9.17, 15) is 18.0 Å². The molecule has 0 aromatic heterocycles. The fourth-order valence-electron chi connectivity index (χ4n) is 2.96. The summed E-state index contributed by atoms with van der Waals surface area (Å²) < 4.78 is 40.6. The zero-order chi connectivity index (χ0) is 17.5. The minimum atomic E-state index is -4.66. The number of allylic oxidation sites excluding steroid dienone is 2. The Morgan fingerprint density at radius 3 is 2.12 bits per heavy atom. The molecule has 0 aliphatic heterocycles. The molecule has 24 heavy (non-hydrogen) atoms.